The number of hydrogen-bond acceptors (Lipinski definition) is 4. The maximum Gasteiger partial charge on any atom is 0.408 e. The molecule has 2 rings (SSSR count). The number of nitrogens with one attached hydrogen (secondary N) is 1. The minimum Gasteiger partial charge on any atom is -0.437 e. The molecule has 0 bridgehead atoms. The predicted molar refractivity (Wildman–Crippen MR) is 39.3 cm³/mol. The lowest BCUT2D eigenvalue weighted by Gasteiger charge is -2.00. The number of cyclic esters (lactones) is 1. The third-order valence-electron chi connectivity index (χ3n) is 1.41. The Morgan fingerprint density at radius 3 is 3.27 bits per heavy atom. The highest BCUT2D eigenvalue weighted by atomic mass is 32.1. The van der Waals surface area contributed by atoms with Crippen LogP contribution in [0, 0.1) is 0 Å². The topological polar surface area (TPSA) is 51.2 Å². The summed E-state index contributed by atoms with van der Waals surface area (Å²) in [5.74, 6) is 0. The van der Waals surface area contributed by atoms with Crippen molar-refractivity contribution in [2.24, 2.45) is 0 Å². The van der Waals surface area contributed by atoms with Crippen LogP contribution >= 0.6 is 11.3 Å². The molecule has 1 aromatic rings. The first-order chi connectivity index (χ1) is 5.36. The van der Waals surface area contributed by atoms with Crippen LogP contribution in [0.4, 0.5) is 4.79 Å². The monoisotopic (exact) mass is 170 g/mol. The minimum atomic E-state index is -0.356. The number of alkyl carbamates (subject to hydrolysis) is 1. The van der Waals surface area contributed by atoms with Crippen molar-refractivity contribution >= 4 is 17.4 Å². The summed E-state index contributed by atoms with van der Waals surface area (Å²) in [6, 6.07) is 0. The first-order valence-electron chi connectivity index (χ1n) is 3.20. The van der Waals surface area contributed by atoms with Gasteiger partial charge < -0.3 is 10.1 Å². The van der Waals surface area contributed by atoms with Crippen LogP contribution in [-0.4, -0.2) is 17.6 Å². The number of carbonyl (C=O) groups excluding carboxylic acids is 1. The number of carbonyl (C=O) groups is 1. The first-order valence-corrected chi connectivity index (χ1v) is 4.08. The summed E-state index contributed by atoms with van der Waals surface area (Å²) in [6.45, 7) is 0.534. The fourth-order valence-corrected chi connectivity index (χ4v) is 1.59. The van der Waals surface area contributed by atoms with Gasteiger partial charge in [0.25, 0.3) is 0 Å². The highest BCUT2D eigenvalue weighted by Gasteiger charge is 2.25. The largest absolute Gasteiger partial charge is 0.437 e. The zero-order chi connectivity index (χ0) is 7.68. The van der Waals surface area contributed by atoms with Gasteiger partial charge >= 0.3 is 6.09 Å². The Morgan fingerprint density at radius 2 is 2.73 bits per heavy atom. The number of nitrogens with zero attached hydrogens (tertiary/aromatic N) is 1. The summed E-state index contributed by atoms with van der Waals surface area (Å²) >= 11 is 1.49. The summed E-state index contributed by atoms with van der Waals surface area (Å²) in [5.41, 5.74) is 0. The quantitative estimate of drug-likeness (QED) is 0.682. The zero-order valence-corrected chi connectivity index (χ0v) is 6.43. The fourth-order valence-electron chi connectivity index (χ4n) is 0.920. The van der Waals surface area contributed by atoms with Gasteiger partial charge in [-0.25, -0.2) is 9.78 Å². The molecule has 2 heterocycles. The predicted octanol–water partition coefficient (Wildman–Crippen LogP) is 0.924. The molecule has 0 saturated carbocycles. The van der Waals surface area contributed by atoms with Crippen LogP contribution in [0.2, 0.25) is 0 Å². The van der Waals surface area contributed by atoms with Crippen LogP contribution in [0.5, 0.6) is 0 Å². The van der Waals surface area contributed by atoms with Gasteiger partial charge in [-0.2, -0.15) is 0 Å². The van der Waals surface area contributed by atoms with Gasteiger partial charge in [-0.3, -0.25) is 0 Å². The average molecular weight is 170 g/mol. The Morgan fingerprint density at radius 1 is 1.82 bits per heavy atom. The molecule has 1 fully saturated rings. The van der Waals surface area contributed by atoms with Crippen molar-refractivity contribution < 1.29 is 9.53 Å². The number of aromatic nitrogens is 1. The van der Waals surface area contributed by atoms with E-state index in [1.165, 1.54) is 11.3 Å². The molecular formula is C6H6N2O2S. The Hall–Kier alpha value is -1.10. The van der Waals surface area contributed by atoms with E-state index in [-0.39, 0.29) is 12.2 Å². The third kappa shape index (κ3) is 1.19. The zero-order valence-electron chi connectivity index (χ0n) is 5.61. The highest BCUT2D eigenvalue weighted by molar-refractivity contribution is 7.09. The summed E-state index contributed by atoms with van der Waals surface area (Å²) in [4.78, 5) is 14.6. The van der Waals surface area contributed by atoms with E-state index in [4.69, 9.17) is 4.74 Å². The molecule has 58 valence electrons. The van der Waals surface area contributed by atoms with E-state index >= 15 is 0 Å². The number of hydrogen-bond donors (Lipinski definition) is 1. The Kier molecular flexibility index (Phi) is 1.50. The van der Waals surface area contributed by atoms with Gasteiger partial charge in [0, 0.05) is 11.6 Å². The highest BCUT2D eigenvalue weighted by Crippen LogP contribution is 2.21. The molecule has 1 atom stereocenters. The number of ether oxygens (including phenoxy) is 1. The fraction of sp³-hybridized carbons (Fsp3) is 0.333. The molecule has 0 spiro atoms. The van der Waals surface area contributed by atoms with E-state index in [2.05, 4.69) is 10.3 Å². The van der Waals surface area contributed by atoms with Crippen LogP contribution in [0.25, 0.3) is 0 Å². The van der Waals surface area contributed by atoms with Crippen LogP contribution in [-0.2, 0) is 4.74 Å². The van der Waals surface area contributed by atoms with Crippen LogP contribution < -0.4 is 5.32 Å². The molecule has 0 aliphatic carbocycles. The van der Waals surface area contributed by atoms with Crippen LogP contribution in [0.3, 0.4) is 0 Å². The second kappa shape index (κ2) is 2.50. The van der Waals surface area contributed by atoms with E-state index < -0.39 is 0 Å². The molecular weight excluding hydrogens is 164 g/mol. The maximum atomic E-state index is 10.6. The van der Waals surface area contributed by atoms with Gasteiger partial charge in [0.15, 0.2) is 6.10 Å². The van der Waals surface area contributed by atoms with E-state index in [9.17, 15) is 4.79 Å². The van der Waals surface area contributed by atoms with E-state index in [1.54, 1.807) is 6.20 Å². The lowest BCUT2D eigenvalue weighted by molar-refractivity contribution is 0.141. The molecule has 1 saturated heterocycles. The van der Waals surface area contributed by atoms with Crippen molar-refractivity contribution in [3.63, 3.8) is 0 Å². The standard InChI is InChI=1S/C6H6N2O2S/c9-6-8-3-4(10-6)5-7-1-2-11-5/h1-2,4H,3H2,(H,8,9). The minimum absolute atomic E-state index is 0.178. The average Bonchev–Trinajstić information content (AvgIpc) is 2.55. The Balaban J connectivity index is 2.13. The molecule has 1 aliphatic heterocycles. The van der Waals surface area contributed by atoms with Crippen molar-refractivity contribution in [1.82, 2.24) is 10.3 Å². The third-order valence-corrected chi connectivity index (χ3v) is 2.28. The first kappa shape index (κ1) is 6.60. The molecule has 0 aromatic carbocycles. The number of thiazole rings is 1. The lowest BCUT2D eigenvalue weighted by atomic mass is 10.4. The van der Waals surface area contributed by atoms with Gasteiger partial charge in [0.05, 0.1) is 6.54 Å². The van der Waals surface area contributed by atoms with Crippen LogP contribution in [0.15, 0.2) is 11.6 Å². The smallest absolute Gasteiger partial charge is 0.408 e. The molecule has 1 N–H and O–H groups in total. The molecule has 5 heteroatoms. The summed E-state index contributed by atoms with van der Waals surface area (Å²) in [5, 5.41) is 5.28. The van der Waals surface area contributed by atoms with Gasteiger partial charge in [0.1, 0.15) is 5.01 Å². The van der Waals surface area contributed by atoms with Crippen molar-refractivity contribution in [2.45, 2.75) is 6.10 Å². The maximum absolute atomic E-state index is 10.6. The van der Waals surface area contributed by atoms with Gasteiger partial charge in [-0.05, 0) is 0 Å². The molecule has 1 unspecified atom stereocenters. The summed E-state index contributed by atoms with van der Waals surface area (Å²) < 4.78 is 4.90. The summed E-state index contributed by atoms with van der Waals surface area (Å²) in [6.07, 6.45) is 1.17. The van der Waals surface area contributed by atoms with Gasteiger partial charge in [0.2, 0.25) is 0 Å². The molecule has 1 aliphatic rings. The van der Waals surface area contributed by atoms with Crippen molar-refractivity contribution in [3.8, 4) is 0 Å². The van der Waals surface area contributed by atoms with E-state index in [1.807, 2.05) is 5.38 Å². The normalized spacial score (nSPS) is 22.9. The Labute approximate surface area is 67.2 Å². The van der Waals surface area contributed by atoms with Gasteiger partial charge in [-0.1, -0.05) is 0 Å². The van der Waals surface area contributed by atoms with Crippen LogP contribution in [0.1, 0.15) is 11.1 Å². The molecule has 4 nitrogen and oxygen atoms in total. The lowest BCUT2D eigenvalue weighted by Crippen LogP contribution is -2.12. The van der Waals surface area contributed by atoms with E-state index in [0.29, 0.717) is 6.54 Å². The van der Waals surface area contributed by atoms with Crippen molar-refractivity contribution in [3.05, 3.63) is 16.6 Å². The van der Waals surface area contributed by atoms with Crippen molar-refractivity contribution in [2.75, 3.05) is 6.54 Å². The molecule has 1 amide bonds. The summed E-state index contributed by atoms with van der Waals surface area (Å²) in [7, 11) is 0. The number of amides is 1. The SMILES string of the molecule is O=C1NCC(c2nccs2)O1. The molecule has 0 radical (unpaired) electrons. The molecule has 11 heavy (non-hydrogen) atoms. The van der Waals surface area contributed by atoms with Gasteiger partial charge in [-0.15, -0.1) is 11.3 Å². The Bertz CT molecular complexity index is 260. The number of rotatable bonds is 1. The van der Waals surface area contributed by atoms with E-state index in [0.717, 1.165) is 5.01 Å². The second-order valence-corrected chi connectivity index (χ2v) is 3.07. The second-order valence-electron chi connectivity index (χ2n) is 2.15. The molecule has 1 aromatic heterocycles. The van der Waals surface area contributed by atoms with Crippen molar-refractivity contribution in [1.29, 1.82) is 0 Å².